The normalized spacial score (nSPS) is 16.0. The van der Waals surface area contributed by atoms with Crippen molar-refractivity contribution in [2.75, 3.05) is 13.1 Å². The van der Waals surface area contributed by atoms with Gasteiger partial charge in [0.05, 0.1) is 12.0 Å². The van der Waals surface area contributed by atoms with Gasteiger partial charge in [-0.3, -0.25) is 29.6 Å². The van der Waals surface area contributed by atoms with Crippen LogP contribution >= 0.6 is 0 Å². The zero-order valence-electron chi connectivity index (χ0n) is 28.3. The number of amides is 4. The van der Waals surface area contributed by atoms with E-state index in [-0.39, 0.29) is 61.0 Å². The highest BCUT2D eigenvalue weighted by Crippen LogP contribution is 2.29. The van der Waals surface area contributed by atoms with Crippen LogP contribution in [-0.2, 0) is 23.9 Å². The molecule has 3 rings (SSSR count). The maximum Gasteiger partial charge on any atom is 0.328 e. The van der Waals surface area contributed by atoms with Crippen LogP contribution in [-0.4, -0.2) is 92.0 Å². The predicted molar refractivity (Wildman–Crippen MR) is 175 cm³/mol. The maximum atomic E-state index is 13.7. The fourth-order valence-electron chi connectivity index (χ4n) is 5.57. The van der Waals surface area contributed by atoms with Gasteiger partial charge < -0.3 is 24.9 Å². The molecule has 0 saturated carbocycles. The summed E-state index contributed by atoms with van der Waals surface area (Å²) in [5.74, 6) is -2.53. The number of phenolic OH excluding ortho intramolecular Hbond substituents is 1. The number of unbranched alkanes of at least 4 members (excludes halogenated alkanes) is 5. The van der Waals surface area contributed by atoms with Gasteiger partial charge in [0.1, 0.15) is 29.7 Å². The number of nitrogens with one attached hydrogen (secondary N) is 2. The van der Waals surface area contributed by atoms with Gasteiger partial charge >= 0.3 is 5.97 Å². The van der Waals surface area contributed by atoms with E-state index in [2.05, 4.69) is 22.5 Å². The predicted octanol–water partition coefficient (Wildman–Crippen LogP) is 4.02. The summed E-state index contributed by atoms with van der Waals surface area (Å²) in [5.41, 5.74) is 0.179. The molecule has 2 heterocycles. The number of para-hydroxylation sites is 1. The number of aryl methyl sites for hydroxylation is 1. The van der Waals surface area contributed by atoms with E-state index in [1.165, 1.54) is 13.0 Å². The molecular weight excluding hydrogens is 638 g/mol. The van der Waals surface area contributed by atoms with Crippen LogP contribution in [0.25, 0.3) is 11.5 Å². The highest BCUT2D eigenvalue weighted by molar-refractivity contribution is 5.96. The molecule has 0 radical (unpaired) electrons. The molecule has 1 saturated heterocycles. The minimum atomic E-state index is -1.18. The first-order valence-corrected chi connectivity index (χ1v) is 17.0. The highest BCUT2D eigenvalue weighted by Gasteiger charge is 2.31. The van der Waals surface area contributed by atoms with E-state index in [0.29, 0.717) is 55.1 Å². The summed E-state index contributed by atoms with van der Waals surface area (Å²) in [4.78, 5) is 67.7. The number of oxazole rings is 1. The Morgan fingerprint density at radius 1 is 1.12 bits per heavy atom. The number of carbonyl (C=O) groups is 5. The first kappa shape index (κ1) is 38.9. The number of carbonyl (C=O) groups excluding carboxylic acids is 5. The van der Waals surface area contributed by atoms with Gasteiger partial charge in [-0.25, -0.2) is 19.9 Å². The van der Waals surface area contributed by atoms with Gasteiger partial charge in [0.15, 0.2) is 5.69 Å². The molecule has 5 N–H and O–H groups in total. The molecule has 0 spiro atoms. The summed E-state index contributed by atoms with van der Waals surface area (Å²) < 4.78 is 11.5. The second-order valence-corrected chi connectivity index (χ2v) is 12.3. The lowest BCUT2D eigenvalue weighted by atomic mass is 10.0. The Morgan fingerprint density at radius 3 is 2.59 bits per heavy atom. The Balaban J connectivity index is 1.75. The Kier molecular flexibility index (Phi) is 16.0. The van der Waals surface area contributed by atoms with Gasteiger partial charge in [0.2, 0.25) is 18.2 Å². The van der Waals surface area contributed by atoms with Crippen LogP contribution in [0.3, 0.4) is 0 Å². The molecule has 0 aliphatic carbocycles. The Morgan fingerprint density at radius 2 is 1.86 bits per heavy atom. The molecule has 1 aliphatic rings. The molecule has 270 valence electrons. The number of esters is 1. The molecule has 0 unspecified atom stereocenters. The fraction of sp³-hybridized carbons (Fsp3) is 0.588. The van der Waals surface area contributed by atoms with E-state index in [1.807, 2.05) is 0 Å². The molecule has 49 heavy (non-hydrogen) atoms. The maximum absolute atomic E-state index is 13.7. The van der Waals surface area contributed by atoms with Gasteiger partial charge in [-0.05, 0) is 70.4 Å². The third-order valence-electron chi connectivity index (χ3n) is 8.31. The number of aromatic hydroxyl groups is 1. The van der Waals surface area contributed by atoms with Crippen LogP contribution in [0.5, 0.6) is 5.75 Å². The number of aromatic nitrogens is 1. The summed E-state index contributed by atoms with van der Waals surface area (Å²) in [6.07, 6.45) is 6.51. The summed E-state index contributed by atoms with van der Waals surface area (Å²) in [6, 6.07) is 4.27. The van der Waals surface area contributed by atoms with E-state index in [1.54, 1.807) is 18.2 Å². The number of hydrogen-bond donors (Lipinski definition) is 5. The van der Waals surface area contributed by atoms with Crippen molar-refractivity contribution in [3.8, 4) is 17.2 Å². The highest BCUT2D eigenvalue weighted by atomic mass is 16.5. The molecule has 1 aliphatic heterocycles. The first-order valence-electron chi connectivity index (χ1n) is 17.0. The molecule has 1 aromatic heterocycles. The van der Waals surface area contributed by atoms with E-state index < -0.39 is 41.9 Å². The van der Waals surface area contributed by atoms with Crippen molar-refractivity contribution < 1.29 is 48.6 Å². The Bertz CT molecular complexity index is 1400. The van der Waals surface area contributed by atoms with Gasteiger partial charge in [0, 0.05) is 13.1 Å². The van der Waals surface area contributed by atoms with E-state index >= 15 is 0 Å². The number of hydrogen-bond acceptors (Lipinski definition) is 11. The van der Waals surface area contributed by atoms with Gasteiger partial charge in [-0.2, -0.15) is 0 Å². The topological polar surface area (TPSA) is 212 Å². The van der Waals surface area contributed by atoms with Crippen LogP contribution in [0.2, 0.25) is 0 Å². The van der Waals surface area contributed by atoms with Crippen molar-refractivity contribution in [1.82, 2.24) is 25.7 Å². The largest absolute Gasteiger partial charge is 0.507 e. The average Bonchev–Trinajstić information content (AvgIpc) is 3.40. The minimum absolute atomic E-state index is 0.0112. The number of benzene rings is 1. The van der Waals surface area contributed by atoms with Crippen LogP contribution in [0.1, 0.15) is 107 Å². The third-order valence-corrected chi connectivity index (χ3v) is 8.31. The number of hydroxylamine groups is 4. The SMILES string of the molecule is CCCCCCC[C@@H](CC(=O)N[C@H]1CCCCN(O)C1=O)OC(=O)[C@H](CCCCN(O)C=O)NC(=O)c1nc(-c2ccccc2O)oc1C. The summed E-state index contributed by atoms with van der Waals surface area (Å²) in [5, 5.41) is 36.1. The van der Waals surface area contributed by atoms with Crippen molar-refractivity contribution in [3.05, 3.63) is 35.7 Å². The quantitative estimate of drug-likeness (QED) is 0.0441. The first-order chi connectivity index (χ1) is 23.5. The summed E-state index contributed by atoms with van der Waals surface area (Å²) >= 11 is 0. The van der Waals surface area contributed by atoms with E-state index in [0.717, 1.165) is 25.7 Å². The van der Waals surface area contributed by atoms with Crippen LogP contribution in [0, 0.1) is 6.92 Å². The molecule has 2 aromatic rings. The van der Waals surface area contributed by atoms with Crippen molar-refractivity contribution in [2.45, 2.75) is 116 Å². The zero-order valence-corrected chi connectivity index (χ0v) is 28.3. The van der Waals surface area contributed by atoms with Crippen LogP contribution < -0.4 is 10.6 Å². The van der Waals surface area contributed by atoms with E-state index in [4.69, 9.17) is 9.15 Å². The number of phenols is 1. The summed E-state index contributed by atoms with van der Waals surface area (Å²) in [6.45, 7) is 3.81. The van der Waals surface area contributed by atoms with Crippen molar-refractivity contribution in [2.24, 2.45) is 0 Å². The molecule has 15 nitrogen and oxygen atoms in total. The third kappa shape index (κ3) is 12.5. The molecule has 1 fully saturated rings. The second-order valence-electron chi connectivity index (χ2n) is 12.3. The molecule has 1 aromatic carbocycles. The average molecular weight is 688 g/mol. The zero-order chi connectivity index (χ0) is 35.8. The molecule has 4 amide bonds. The van der Waals surface area contributed by atoms with Crippen LogP contribution in [0.15, 0.2) is 28.7 Å². The van der Waals surface area contributed by atoms with Crippen molar-refractivity contribution in [3.63, 3.8) is 0 Å². The van der Waals surface area contributed by atoms with Gasteiger partial charge in [-0.15, -0.1) is 0 Å². The Hall–Kier alpha value is -4.50. The molecule has 15 heteroatoms. The minimum Gasteiger partial charge on any atom is -0.507 e. The van der Waals surface area contributed by atoms with Crippen molar-refractivity contribution in [1.29, 1.82) is 0 Å². The lowest BCUT2D eigenvalue weighted by Gasteiger charge is -2.24. The lowest BCUT2D eigenvalue weighted by molar-refractivity contribution is -0.167. The number of rotatable bonds is 20. The Labute approximate surface area is 285 Å². The number of nitrogens with zero attached hydrogens (tertiary/aromatic N) is 3. The smallest absolute Gasteiger partial charge is 0.328 e. The monoisotopic (exact) mass is 687 g/mol. The second kappa shape index (κ2) is 20.1. The molecule has 0 bridgehead atoms. The lowest BCUT2D eigenvalue weighted by Crippen LogP contribution is -2.47. The van der Waals surface area contributed by atoms with E-state index in [9.17, 15) is 39.5 Å². The molecule has 3 atom stereocenters. The van der Waals surface area contributed by atoms with Gasteiger partial charge in [-0.1, -0.05) is 44.7 Å². The van der Waals surface area contributed by atoms with Crippen LogP contribution in [0.4, 0.5) is 0 Å². The fourth-order valence-corrected chi connectivity index (χ4v) is 5.57. The number of ether oxygens (including phenoxy) is 1. The molecular formula is C34H49N5O10. The van der Waals surface area contributed by atoms with Crippen molar-refractivity contribution >= 4 is 30.1 Å². The standard InChI is InChI=1S/C34H49N5O10/c1-3-4-5-6-7-14-24(21-29(42)35-26-16-11-13-20-39(47)33(26)44)49-34(45)27(17-10-12-19-38(46)22-40)36-31(43)30-23(2)48-32(37-30)25-15-8-9-18-28(25)41/h8-9,15,18,22,24,26-27,41,46-47H,3-7,10-14,16-17,19-21H2,1-2H3,(H,35,42)(H,36,43)/t24-,26-,27-/m0/s1. The van der Waals surface area contributed by atoms with Gasteiger partial charge in [0.25, 0.3) is 11.8 Å². The summed E-state index contributed by atoms with van der Waals surface area (Å²) in [7, 11) is 0.